The number of hydrogen-bond acceptors (Lipinski definition) is 6. The molecule has 0 aliphatic rings. The van der Waals surface area contributed by atoms with Crippen molar-refractivity contribution in [2.24, 2.45) is 0 Å². The number of aryl methyl sites for hydroxylation is 1. The lowest BCUT2D eigenvalue weighted by Crippen LogP contribution is -2.53. The van der Waals surface area contributed by atoms with Crippen molar-refractivity contribution in [1.82, 2.24) is 10.2 Å². The molecule has 9 nitrogen and oxygen atoms in total. The number of amides is 2. The lowest BCUT2D eigenvalue weighted by Gasteiger charge is -2.33. The van der Waals surface area contributed by atoms with E-state index in [1.807, 2.05) is 43.3 Å². The molecule has 0 saturated heterocycles. The van der Waals surface area contributed by atoms with Crippen molar-refractivity contribution >= 4 is 39.1 Å². The van der Waals surface area contributed by atoms with E-state index < -0.39 is 34.4 Å². The van der Waals surface area contributed by atoms with Gasteiger partial charge in [-0.1, -0.05) is 71.8 Å². The van der Waals surface area contributed by atoms with Gasteiger partial charge in [0.1, 0.15) is 24.1 Å². The molecule has 2 amide bonds. The topological polar surface area (TPSA) is 105 Å². The van der Waals surface area contributed by atoms with Crippen LogP contribution in [0.5, 0.6) is 11.5 Å². The van der Waals surface area contributed by atoms with E-state index in [9.17, 15) is 18.0 Å². The number of hydrogen-bond donors (Lipinski definition) is 1. The Kier molecular flexibility index (Phi) is 11.1. The highest BCUT2D eigenvalue weighted by Crippen LogP contribution is 2.32. The summed E-state index contributed by atoms with van der Waals surface area (Å²) in [6, 6.07) is 26.4. The van der Waals surface area contributed by atoms with E-state index in [-0.39, 0.29) is 28.6 Å². The van der Waals surface area contributed by atoms with Crippen molar-refractivity contribution < 1.29 is 27.5 Å². The molecule has 0 spiro atoms. The molecule has 0 bridgehead atoms. The van der Waals surface area contributed by atoms with Crippen LogP contribution in [-0.2, 0) is 32.6 Å². The van der Waals surface area contributed by atoms with Crippen molar-refractivity contribution in [3.05, 3.63) is 119 Å². The van der Waals surface area contributed by atoms with Gasteiger partial charge >= 0.3 is 0 Å². The number of likely N-dealkylation sites (N-methyl/N-ethyl adjacent to an activating group) is 1. The molecule has 0 heterocycles. The van der Waals surface area contributed by atoms with Crippen LogP contribution >= 0.6 is 11.6 Å². The van der Waals surface area contributed by atoms with Crippen LogP contribution in [-0.4, -0.2) is 59.0 Å². The molecule has 11 heteroatoms. The second kappa shape index (κ2) is 15.0. The fourth-order valence-electron chi connectivity index (χ4n) is 4.86. The third-order valence-electron chi connectivity index (χ3n) is 7.32. The van der Waals surface area contributed by atoms with Gasteiger partial charge in [-0.2, -0.15) is 0 Å². The maximum Gasteiger partial charge on any atom is 0.264 e. The number of carbonyl (C=O) groups is 2. The fourth-order valence-corrected chi connectivity index (χ4v) is 6.52. The van der Waals surface area contributed by atoms with Gasteiger partial charge in [0, 0.05) is 20.0 Å². The minimum atomic E-state index is -4.26. The van der Waals surface area contributed by atoms with E-state index in [1.165, 1.54) is 49.4 Å². The summed E-state index contributed by atoms with van der Waals surface area (Å²) in [5.41, 5.74) is 2.57. The zero-order valence-electron chi connectivity index (χ0n) is 25.6. The van der Waals surface area contributed by atoms with Crippen LogP contribution in [0.1, 0.15) is 16.7 Å². The SMILES string of the molecule is CNC(=O)[C@H](Cc1ccccc1)N(Cc1cccc(OC)c1)C(=O)CN(c1ccc(OC)c(Cl)c1)S(=O)(=O)c1ccc(C)cc1. The van der Waals surface area contributed by atoms with Gasteiger partial charge < -0.3 is 19.7 Å². The largest absolute Gasteiger partial charge is 0.497 e. The predicted molar refractivity (Wildman–Crippen MR) is 175 cm³/mol. The number of carbonyl (C=O) groups excluding carboxylic acids is 2. The second-order valence-corrected chi connectivity index (χ2v) is 12.6. The molecule has 0 aromatic heterocycles. The average Bonchev–Trinajstić information content (AvgIpc) is 3.05. The summed E-state index contributed by atoms with van der Waals surface area (Å²) in [4.78, 5) is 29.2. The smallest absolute Gasteiger partial charge is 0.264 e. The average molecular weight is 650 g/mol. The molecule has 0 radical (unpaired) electrons. The second-order valence-electron chi connectivity index (χ2n) is 10.3. The van der Waals surface area contributed by atoms with Crippen LogP contribution in [0.2, 0.25) is 5.02 Å². The zero-order chi connectivity index (χ0) is 32.6. The molecule has 236 valence electrons. The van der Waals surface area contributed by atoms with Crippen molar-refractivity contribution in [3.8, 4) is 11.5 Å². The third-order valence-corrected chi connectivity index (χ3v) is 9.40. The third kappa shape index (κ3) is 8.14. The number of rotatable bonds is 13. The summed E-state index contributed by atoms with van der Waals surface area (Å²) < 4.78 is 39.9. The maximum atomic E-state index is 14.4. The molecule has 4 rings (SSSR count). The Balaban J connectivity index is 1.82. The fraction of sp³-hybridized carbons (Fsp3) is 0.235. The molecule has 45 heavy (non-hydrogen) atoms. The van der Waals surface area contributed by atoms with E-state index in [1.54, 1.807) is 37.4 Å². The van der Waals surface area contributed by atoms with Crippen LogP contribution in [0, 0.1) is 6.92 Å². The highest BCUT2D eigenvalue weighted by Gasteiger charge is 2.34. The van der Waals surface area contributed by atoms with Crippen LogP contribution in [0.4, 0.5) is 5.69 Å². The van der Waals surface area contributed by atoms with Gasteiger partial charge in [0.15, 0.2) is 0 Å². The molecule has 0 aliphatic carbocycles. The molecular formula is C34H36ClN3O6S. The molecule has 0 fully saturated rings. The number of halogens is 1. The first-order valence-corrected chi connectivity index (χ1v) is 16.0. The molecule has 4 aromatic rings. The number of methoxy groups -OCH3 is 2. The van der Waals surface area contributed by atoms with E-state index in [4.69, 9.17) is 21.1 Å². The van der Waals surface area contributed by atoms with Gasteiger partial charge in [-0.15, -0.1) is 0 Å². The van der Waals surface area contributed by atoms with E-state index >= 15 is 0 Å². The number of anilines is 1. The van der Waals surface area contributed by atoms with Crippen LogP contribution in [0.25, 0.3) is 0 Å². The zero-order valence-corrected chi connectivity index (χ0v) is 27.1. The molecule has 0 saturated carbocycles. The highest BCUT2D eigenvalue weighted by molar-refractivity contribution is 7.92. The van der Waals surface area contributed by atoms with Gasteiger partial charge in [0.2, 0.25) is 11.8 Å². The molecular weight excluding hydrogens is 614 g/mol. The van der Waals surface area contributed by atoms with Crippen molar-refractivity contribution in [3.63, 3.8) is 0 Å². The number of benzene rings is 4. The standard InChI is InChI=1S/C34H36ClN3O6S/c1-24-13-16-29(17-14-24)45(41,42)38(27-15-18-32(44-4)30(35)21-27)23-33(39)37(22-26-11-8-12-28(19-26)43-3)31(34(40)36-2)20-25-9-6-5-7-10-25/h5-19,21,31H,20,22-23H2,1-4H3,(H,36,40)/t31-/m0/s1. The lowest BCUT2D eigenvalue weighted by molar-refractivity contribution is -0.139. The number of nitrogens with zero attached hydrogens (tertiary/aromatic N) is 2. The van der Waals surface area contributed by atoms with Gasteiger partial charge in [-0.25, -0.2) is 8.42 Å². The molecule has 0 unspecified atom stereocenters. The van der Waals surface area contributed by atoms with Gasteiger partial charge in [0.05, 0.1) is 29.8 Å². The van der Waals surface area contributed by atoms with Crippen LogP contribution < -0.4 is 19.1 Å². The first-order valence-electron chi connectivity index (χ1n) is 14.2. The van der Waals surface area contributed by atoms with Gasteiger partial charge in [0.25, 0.3) is 10.0 Å². The van der Waals surface area contributed by atoms with E-state index in [0.29, 0.717) is 17.1 Å². The summed E-state index contributed by atoms with van der Waals surface area (Å²) in [6.45, 7) is 1.26. The molecule has 0 aliphatic heterocycles. The number of sulfonamides is 1. The first kappa shape index (κ1) is 33.4. The number of nitrogens with one attached hydrogen (secondary N) is 1. The van der Waals surface area contributed by atoms with E-state index in [2.05, 4.69) is 5.32 Å². The summed E-state index contributed by atoms with van der Waals surface area (Å²) >= 11 is 6.42. The molecule has 1 N–H and O–H groups in total. The monoisotopic (exact) mass is 649 g/mol. The summed E-state index contributed by atoms with van der Waals surface area (Å²) in [6.07, 6.45) is 0.204. The summed E-state index contributed by atoms with van der Waals surface area (Å²) in [7, 11) is 0.230. The Hall–Kier alpha value is -4.54. The number of ether oxygens (including phenoxy) is 2. The predicted octanol–water partition coefficient (Wildman–Crippen LogP) is 5.25. The van der Waals surface area contributed by atoms with Gasteiger partial charge in [-0.3, -0.25) is 13.9 Å². The normalized spacial score (nSPS) is 11.8. The van der Waals surface area contributed by atoms with Crippen molar-refractivity contribution in [2.75, 3.05) is 32.1 Å². The Morgan fingerprint density at radius 2 is 1.56 bits per heavy atom. The van der Waals surface area contributed by atoms with Gasteiger partial charge in [-0.05, 0) is 60.5 Å². The van der Waals surface area contributed by atoms with Crippen molar-refractivity contribution in [1.29, 1.82) is 0 Å². The minimum Gasteiger partial charge on any atom is -0.497 e. The lowest BCUT2D eigenvalue weighted by atomic mass is 10.0. The van der Waals surface area contributed by atoms with Crippen LogP contribution in [0.15, 0.2) is 102 Å². The molecule has 4 aromatic carbocycles. The quantitative estimate of drug-likeness (QED) is 0.212. The summed E-state index contributed by atoms with van der Waals surface area (Å²) in [5, 5.41) is 2.85. The van der Waals surface area contributed by atoms with E-state index in [0.717, 1.165) is 15.4 Å². The first-order chi connectivity index (χ1) is 21.6. The molecule has 1 atom stereocenters. The minimum absolute atomic E-state index is 0.000627. The summed E-state index contributed by atoms with van der Waals surface area (Å²) in [5.74, 6) is -0.0574. The maximum absolute atomic E-state index is 14.4. The van der Waals surface area contributed by atoms with Crippen molar-refractivity contribution in [2.45, 2.75) is 30.8 Å². The Bertz CT molecular complexity index is 1730. The Morgan fingerprint density at radius 1 is 0.867 bits per heavy atom. The Labute approximate surface area is 269 Å². The Morgan fingerprint density at radius 3 is 2.18 bits per heavy atom. The van der Waals surface area contributed by atoms with Crippen LogP contribution in [0.3, 0.4) is 0 Å². The highest BCUT2D eigenvalue weighted by atomic mass is 35.5.